The third-order valence-corrected chi connectivity index (χ3v) is 2.91. The monoisotopic (exact) mass is 265 g/mol. The van der Waals surface area contributed by atoms with Crippen LogP contribution in [0.15, 0.2) is 24.3 Å². The molecular weight excluding hydrogens is 246 g/mol. The quantitative estimate of drug-likeness (QED) is 0.691. The minimum absolute atomic E-state index is 0.137. The van der Waals surface area contributed by atoms with E-state index in [1.807, 2.05) is 31.2 Å². The highest BCUT2D eigenvalue weighted by Gasteiger charge is 2.20. The maximum atomic E-state index is 11.2. The van der Waals surface area contributed by atoms with E-state index in [1.54, 1.807) is 6.92 Å². The number of aryl methyl sites for hydroxylation is 1. The van der Waals surface area contributed by atoms with Crippen LogP contribution in [0, 0.1) is 12.8 Å². The molecule has 0 aliphatic heterocycles. The van der Waals surface area contributed by atoms with Crippen LogP contribution in [0.25, 0.3) is 0 Å². The Morgan fingerprint density at radius 2 is 1.95 bits per heavy atom. The fourth-order valence-electron chi connectivity index (χ4n) is 1.73. The highest BCUT2D eigenvalue weighted by molar-refractivity contribution is 5.74. The van der Waals surface area contributed by atoms with E-state index < -0.39 is 23.9 Å². The SMILES string of the molecule is Cc1cccc(C[C@H](NCC(C)C(=O)O)C(=O)O)c1. The number of carbonyl (C=O) groups is 2. The molecule has 1 unspecified atom stereocenters. The third kappa shape index (κ3) is 5.09. The summed E-state index contributed by atoms with van der Waals surface area (Å²) in [4.78, 5) is 21.9. The van der Waals surface area contributed by atoms with E-state index in [4.69, 9.17) is 10.2 Å². The van der Waals surface area contributed by atoms with Crippen LogP contribution >= 0.6 is 0 Å². The van der Waals surface area contributed by atoms with Gasteiger partial charge in [0.1, 0.15) is 6.04 Å². The second-order valence-corrected chi connectivity index (χ2v) is 4.73. The molecule has 19 heavy (non-hydrogen) atoms. The Labute approximate surface area is 112 Å². The smallest absolute Gasteiger partial charge is 0.321 e. The summed E-state index contributed by atoms with van der Waals surface area (Å²) in [6.45, 7) is 3.62. The molecule has 1 rings (SSSR count). The fraction of sp³-hybridized carbons (Fsp3) is 0.429. The van der Waals surface area contributed by atoms with E-state index in [-0.39, 0.29) is 6.54 Å². The lowest BCUT2D eigenvalue weighted by molar-refractivity contribution is -0.143. The number of hydrogen-bond donors (Lipinski definition) is 3. The van der Waals surface area contributed by atoms with Gasteiger partial charge in [0.25, 0.3) is 0 Å². The van der Waals surface area contributed by atoms with Gasteiger partial charge in [-0.05, 0) is 18.9 Å². The van der Waals surface area contributed by atoms with E-state index in [9.17, 15) is 9.59 Å². The number of hydrogen-bond acceptors (Lipinski definition) is 3. The van der Waals surface area contributed by atoms with Gasteiger partial charge >= 0.3 is 11.9 Å². The fourth-order valence-corrected chi connectivity index (χ4v) is 1.73. The summed E-state index contributed by atoms with van der Waals surface area (Å²) in [6.07, 6.45) is 0.337. The van der Waals surface area contributed by atoms with Crippen molar-refractivity contribution < 1.29 is 19.8 Å². The number of carboxylic acid groups (broad SMARTS) is 2. The van der Waals surface area contributed by atoms with Crippen molar-refractivity contribution in [1.82, 2.24) is 5.32 Å². The van der Waals surface area contributed by atoms with Gasteiger partial charge in [0, 0.05) is 6.54 Å². The molecule has 0 saturated carbocycles. The Kier molecular flexibility index (Phi) is 5.51. The molecule has 104 valence electrons. The average Bonchev–Trinajstić information content (AvgIpc) is 2.33. The lowest BCUT2D eigenvalue weighted by Gasteiger charge is -2.16. The first-order valence-electron chi connectivity index (χ1n) is 6.14. The van der Waals surface area contributed by atoms with E-state index in [2.05, 4.69) is 5.32 Å². The van der Waals surface area contributed by atoms with Gasteiger partial charge in [-0.1, -0.05) is 36.8 Å². The topological polar surface area (TPSA) is 86.6 Å². The van der Waals surface area contributed by atoms with E-state index in [0.717, 1.165) is 11.1 Å². The molecule has 3 N–H and O–H groups in total. The largest absolute Gasteiger partial charge is 0.481 e. The van der Waals surface area contributed by atoms with Crippen molar-refractivity contribution in [3.8, 4) is 0 Å². The lowest BCUT2D eigenvalue weighted by atomic mass is 10.0. The molecule has 2 atom stereocenters. The molecule has 0 amide bonds. The van der Waals surface area contributed by atoms with Gasteiger partial charge in [0.05, 0.1) is 5.92 Å². The van der Waals surface area contributed by atoms with E-state index in [0.29, 0.717) is 6.42 Å². The highest BCUT2D eigenvalue weighted by atomic mass is 16.4. The predicted molar refractivity (Wildman–Crippen MR) is 71.1 cm³/mol. The molecule has 0 bridgehead atoms. The van der Waals surface area contributed by atoms with Crippen molar-refractivity contribution in [3.63, 3.8) is 0 Å². The zero-order chi connectivity index (χ0) is 14.4. The lowest BCUT2D eigenvalue weighted by Crippen LogP contribution is -2.41. The first-order valence-corrected chi connectivity index (χ1v) is 6.14. The van der Waals surface area contributed by atoms with Crippen LogP contribution in [0.3, 0.4) is 0 Å². The molecule has 0 fully saturated rings. The molecule has 0 radical (unpaired) electrons. The van der Waals surface area contributed by atoms with Crippen molar-refractivity contribution in [3.05, 3.63) is 35.4 Å². The molecule has 0 aromatic heterocycles. The zero-order valence-electron chi connectivity index (χ0n) is 11.1. The Balaban J connectivity index is 2.63. The molecule has 0 aliphatic rings. The zero-order valence-corrected chi connectivity index (χ0v) is 11.1. The van der Waals surface area contributed by atoms with Crippen molar-refractivity contribution in [1.29, 1.82) is 0 Å². The Morgan fingerprint density at radius 1 is 1.26 bits per heavy atom. The van der Waals surface area contributed by atoms with Crippen molar-refractivity contribution in [2.45, 2.75) is 26.3 Å². The van der Waals surface area contributed by atoms with Gasteiger partial charge in [0.15, 0.2) is 0 Å². The number of aliphatic carboxylic acids is 2. The molecule has 0 aliphatic carbocycles. The molecule has 1 aromatic carbocycles. The molecule has 5 nitrogen and oxygen atoms in total. The van der Waals surface area contributed by atoms with Gasteiger partial charge in [0.2, 0.25) is 0 Å². The Bertz CT molecular complexity index is 459. The number of carboxylic acids is 2. The van der Waals surface area contributed by atoms with Gasteiger partial charge in [-0.15, -0.1) is 0 Å². The maximum Gasteiger partial charge on any atom is 0.321 e. The first kappa shape index (κ1) is 15.2. The van der Waals surface area contributed by atoms with Crippen LogP contribution in [0.1, 0.15) is 18.1 Å². The Morgan fingerprint density at radius 3 is 2.47 bits per heavy atom. The second kappa shape index (κ2) is 6.89. The molecule has 0 spiro atoms. The molecule has 5 heteroatoms. The summed E-state index contributed by atoms with van der Waals surface area (Å²) in [7, 11) is 0. The summed E-state index contributed by atoms with van der Waals surface area (Å²) in [5, 5.41) is 20.7. The number of rotatable bonds is 7. The van der Waals surface area contributed by atoms with Crippen LogP contribution in [0.4, 0.5) is 0 Å². The highest BCUT2D eigenvalue weighted by Crippen LogP contribution is 2.07. The van der Waals surface area contributed by atoms with Crippen molar-refractivity contribution in [2.24, 2.45) is 5.92 Å². The normalized spacial score (nSPS) is 13.8. The van der Waals surface area contributed by atoms with Crippen LogP contribution < -0.4 is 5.32 Å². The van der Waals surface area contributed by atoms with Crippen molar-refractivity contribution in [2.75, 3.05) is 6.54 Å². The van der Waals surface area contributed by atoms with Crippen LogP contribution in [0.5, 0.6) is 0 Å². The summed E-state index contributed by atoms with van der Waals surface area (Å²) in [6, 6.07) is 6.84. The standard InChI is InChI=1S/C14H19NO4/c1-9-4-3-5-11(6-9)7-12(14(18)19)15-8-10(2)13(16)17/h3-6,10,12,15H,7-8H2,1-2H3,(H,16,17)(H,18,19)/t10?,12-/m0/s1. The molecule has 0 heterocycles. The average molecular weight is 265 g/mol. The van der Waals surface area contributed by atoms with Crippen LogP contribution in [-0.4, -0.2) is 34.7 Å². The first-order chi connectivity index (χ1) is 8.90. The predicted octanol–water partition coefficient (Wildman–Crippen LogP) is 1.30. The minimum Gasteiger partial charge on any atom is -0.481 e. The molecule has 1 aromatic rings. The second-order valence-electron chi connectivity index (χ2n) is 4.73. The van der Waals surface area contributed by atoms with Crippen LogP contribution in [0.2, 0.25) is 0 Å². The molecule has 0 saturated heterocycles. The summed E-state index contributed by atoms with van der Waals surface area (Å²) < 4.78 is 0. The van der Waals surface area contributed by atoms with Crippen LogP contribution in [-0.2, 0) is 16.0 Å². The maximum absolute atomic E-state index is 11.2. The third-order valence-electron chi connectivity index (χ3n) is 2.91. The number of benzene rings is 1. The summed E-state index contributed by atoms with van der Waals surface area (Å²) >= 11 is 0. The van der Waals surface area contributed by atoms with Gasteiger partial charge < -0.3 is 15.5 Å². The molecular formula is C14H19NO4. The Hall–Kier alpha value is -1.88. The van der Waals surface area contributed by atoms with E-state index in [1.165, 1.54) is 0 Å². The van der Waals surface area contributed by atoms with E-state index >= 15 is 0 Å². The minimum atomic E-state index is -0.973. The van der Waals surface area contributed by atoms with Gasteiger partial charge in [-0.2, -0.15) is 0 Å². The van der Waals surface area contributed by atoms with Crippen molar-refractivity contribution >= 4 is 11.9 Å². The summed E-state index contributed by atoms with van der Waals surface area (Å²) in [5.74, 6) is -2.52. The van der Waals surface area contributed by atoms with Gasteiger partial charge in [-0.25, -0.2) is 0 Å². The number of nitrogens with one attached hydrogen (secondary N) is 1. The summed E-state index contributed by atoms with van der Waals surface area (Å²) in [5.41, 5.74) is 1.99. The van der Waals surface area contributed by atoms with Gasteiger partial charge in [-0.3, -0.25) is 9.59 Å².